The number of rotatable bonds is 2. The first kappa shape index (κ1) is 12.7. The molecule has 2 aliphatic carbocycles. The van der Waals surface area contributed by atoms with Gasteiger partial charge < -0.3 is 5.43 Å². The summed E-state index contributed by atoms with van der Waals surface area (Å²) in [4.78, 5) is 4.42. The lowest BCUT2D eigenvalue weighted by atomic mass is 9.81. The van der Waals surface area contributed by atoms with Crippen LogP contribution in [0, 0.1) is 11.8 Å². The Morgan fingerprint density at radius 1 is 1.06 bits per heavy atom. The van der Waals surface area contributed by atoms with Crippen LogP contribution in [0.5, 0.6) is 0 Å². The highest BCUT2D eigenvalue weighted by molar-refractivity contribution is 5.84. The monoisotopic (exact) mass is 249 g/mol. The molecule has 2 saturated carbocycles. The van der Waals surface area contributed by atoms with Crippen LogP contribution >= 0.6 is 0 Å². The van der Waals surface area contributed by atoms with E-state index in [1.165, 1.54) is 0 Å². The summed E-state index contributed by atoms with van der Waals surface area (Å²) in [5, 5.41) is 0. The predicted molar refractivity (Wildman–Crippen MR) is 59.3 cm³/mol. The van der Waals surface area contributed by atoms with E-state index in [1.54, 1.807) is 0 Å². The third-order valence-electron chi connectivity index (χ3n) is 3.59. The van der Waals surface area contributed by atoms with Crippen molar-refractivity contribution in [2.45, 2.75) is 50.7 Å². The highest BCUT2D eigenvalue weighted by atomic mass is 19.4. The van der Waals surface area contributed by atoms with E-state index in [1.807, 2.05) is 0 Å². The Hall–Kier alpha value is -0.780. The molecule has 0 aromatic heterocycles. The molecule has 0 atom stereocenters. The minimum absolute atomic E-state index is 0.0826. The zero-order valence-corrected chi connectivity index (χ0v) is 9.63. The Kier molecular flexibility index (Phi) is 3.61. The Labute approximate surface area is 98.6 Å². The summed E-state index contributed by atoms with van der Waals surface area (Å²) in [6.07, 6.45) is -0.458. The van der Waals surface area contributed by atoms with E-state index in [9.17, 15) is 13.2 Å². The molecule has 0 aromatic carbocycles. The molecule has 0 saturated heterocycles. The van der Waals surface area contributed by atoms with Gasteiger partial charge in [0.15, 0.2) is 0 Å². The standard InChI is InChI=1S/C11H18F3N3/c12-11(13,14)8-3-1-7(2-4-8)10(17-15)16-9-5-6-9/h7-9H,1-6,15H2,(H,16,17). The van der Waals surface area contributed by atoms with Crippen molar-refractivity contribution in [2.75, 3.05) is 0 Å². The van der Waals surface area contributed by atoms with Crippen LogP contribution in [0.25, 0.3) is 0 Å². The average molecular weight is 249 g/mol. The fraction of sp³-hybridized carbons (Fsp3) is 0.909. The van der Waals surface area contributed by atoms with Crippen LogP contribution in [0.15, 0.2) is 4.99 Å². The number of halogens is 3. The van der Waals surface area contributed by atoms with Crippen molar-refractivity contribution >= 4 is 5.84 Å². The van der Waals surface area contributed by atoms with E-state index < -0.39 is 12.1 Å². The smallest absolute Gasteiger partial charge is 0.312 e. The summed E-state index contributed by atoms with van der Waals surface area (Å²) >= 11 is 0. The second kappa shape index (κ2) is 4.84. The quantitative estimate of drug-likeness (QED) is 0.341. The van der Waals surface area contributed by atoms with Gasteiger partial charge in [0.2, 0.25) is 0 Å². The number of hydrogen-bond donors (Lipinski definition) is 2. The number of hydrogen-bond acceptors (Lipinski definition) is 2. The first-order chi connectivity index (χ1) is 8.00. The fourth-order valence-corrected chi connectivity index (χ4v) is 2.36. The van der Waals surface area contributed by atoms with E-state index >= 15 is 0 Å². The van der Waals surface area contributed by atoms with Crippen LogP contribution in [-0.2, 0) is 0 Å². The molecule has 98 valence electrons. The average Bonchev–Trinajstić information content (AvgIpc) is 3.09. The Morgan fingerprint density at radius 2 is 1.65 bits per heavy atom. The van der Waals surface area contributed by atoms with E-state index in [2.05, 4.69) is 10.4 Å². The second-order valence-electron chi connectivity index (χ2n) is 4.98. The van der Waals surface area contributed by atoms with Crippen molar-refractivity contribution in [3.8, 4) is 0 Å². The Morgan fingerprint density at radius 3 is 2.06 bits per heavy atom. The Bertz CT molecular complexity index is 289. The summed E-state index contributed by atoms with van der Waals surface area (Å²) in [5.74, 6) is 5.04. The highest BCUT2D eigenvalue weighted by Crippen LogP contribution is 2.40. The zero-order valence-electron chi connectivity index (χ0n) is 9.63. The van der Waals surface area contributed by atoms with E-state index in [-0.39, 0.29) is 18.8 Å². The van der Waals surface area contributed by atoms with Crippen LogP contribution in [0.4, 0.5) is 13.2 Å². The lowest BCUT2D eigenvalue weighted by molar-refractivity contribution is -0.182. The molecular weight excluding hydrogens is 231 g/mol. The van der Waals surface area contributed by atoms with Gasteiger partial charge in [-0.25, -0.2) is 5.84 Å². The summed E-state index contributed by atoms with van der Waals surface area (Å²) < 4.78 is 37.5. The number of aliphatic imine (C=N–C) groups is 1. The maximum absolute atomic E-state index is 12.5. The number of hydrazine groups is 1. The van der Waals surface area contributed by atoms with Crippen LogP contribution in [-0.4, -0.2) is 18.1 Å². The van der Waals surface area contributed by atoms with Gasteiger partial charge in [0.1, 0.15) is 5.84 Å². The van der Waals surface area contributed by atoms with Gasteiger partial charge in [-0.1, -0.05) is 0 Å². The largest absolute Gasteiger partial charge is 0.391 e. The van der Waals surface area contributed by atoms with Crippen molar-refractivity contribution < 1.29 is 13.2 Å². The summed E-state index contributed by atoms with van der Waals surface area (Å²) in [5.41, 5.74) is 2.57. The minimum atomic E-state index is -4.05. The number of amidine groups is 1. The second-order valence-corrected chi connectivity index (χ2v) is 4.98. The fourth-order valence-electron chi connectivity index (χ4n) is 2.36. The van der Waals surface area contributed by atoms with Gasteiger partial charge in [0.05, 0.1) is 12.0 Å². The van der Waals surface area contributed by atoms with Gasteiger partial charge in [-0.15, -0.1) is 0 Å². The topological polar surface area (TPSA) is 50.4 Å². The Balaban J connectivity index is 1.89. The van der Waals surface area contributed by atoms with Crippen LogP contribution in [0.2, 0.25) is 0 Å². The number of alkyl halides is 3. The summed E-state index contributed by atoms with van der Waals surface area (Å²) in [6.45, 7) is 0. The normalized spacial score (nSPS) is 31.4. The molecule has 0 unspecified atom stereocenters. The maximum Gasteiger partial charge on any atom is 0.391 e. The molecule has 2 fully saturated rings. The molecule has 0 aromatic rings. The van der Waals surface area contributed by atoms with Crippen LogP contribution < -0.4 is 11.3 Å². The van der Waals surface area contributed by atoms with E-state index in [4.69, 9.17) is 5.84 Å². The molecule has 2 aliphatic rings. The molecule has 0 bridgehead atoms. The first-order valence-corrected chi connectivity index (χ1v) is 6.11. The third-order valence-corrected chi connectivity index (χ3v) is 3.59. The summed E-state index contributed by atoms with van der Waals surface area (Å²) in [6, 6.07) is 0.349. The van der Waals surface area contributed by atoms with Crippen molar-refractivity contribution in [3.05, 3.63) is 0 Å². The molecule has 0 radical (unpaired) electrons. The number of nitrogens with one attached hydrogen (secondary N) is 1. The first-order valence-electron chi connectivity index (χ1n) is 6.11. The molecule has 0 spiro atoms. The SMILES string of the molecule is NNC(=NC1CC1)C1CCC(C(F)(F)F)CC1. The molecule has 2 rings (SSSR count). The molecule has 3 nitrogen and oxygen atoms in total. The van der Waals surface area contributed by atoms with Crippen molar-refractivity contribution in [3.63, 3.8) is 0 Å². The van der Waals surface area contributed by atoms with Crippen LogP contribution in [0.1, 0.15) is 38.5 Å². The summed E-state index contributed by atoms with van der Waals surface area (Å²) in [7, 11) is 0. The van der Waals surface area contributed by atoms with Gasteiger partial charge in [0, 0.05) is 5.92 Å². The molecular formula is C11H18F3N3. The number of nitrogens with zero attached hydrogens (tertiary/aromatic N) is 1. The maximum atomic E-state index is 12.5. The third kappa shape index (κ3) is 3.34. The van der Waals surface area contributed by atoms with Crippen molar-refractivity contribution in [1.82, 2.24) is 5.43 Å². The van der Waals surface area contributed by atoms with Gasteiger partial charge in [0.25, 0.3) is 0 Å². The van der Waals surface area contributed by atoms with Crippen LogP contribution in [0.3, 0.4) is 0 Å². The minimum Gasteiger partial charge on any atom is -0.312 e. The lowest BCUT2D eigenvalue weighted by Crippen LogP contribution is -2.39. The zero-order chi connectivity index (χ0) is 12.5. The molecule has 3 N–H and O–H groups in total. The molecule has 0 heterocycles. The molecule has 0 aliphatic heterocycles. The predicted octanol–water partition coefficient (Wildman–Crippen LogP) is 2.38. The van der Waals surface area contributed by atoms with Crippen molar-refractivity contribution in [2.24, 2.45) is 22.7 Å². The molecule has 6 heteroatoms. The van der Waals surface area contributed by atoms with Gasteiger partial charge in [-0.2, -0.15) is 13.2 Å². The van der Waals surface area contributed by atoms with Gasteiger partial charge in [-0.3, -0.25) is 4.99 Å². The van der Waals surface area contributed by atoms with Gasteiger partial charge >= 0.3 is 6.18 Å². The van der Waals surface area contributed by atoms with Crippen molar-refractivity contribution in [1.29, 1.82) is 0 Å². The number of nitrogens with two attached hydrogens (primary N) is 1. The lowest BCUT2D eigenvalue weighted by Gasteiger charge is -2.30. The molecule has 17 heavy (non-hydrogen) atoms. The van der Waals surface area contributed by atoms with E-state index in [0.29, 0.717) is 24.7 Å². The molecule has 0 amide bonds. The van der Waals surface area contributed by atoms with Gasteiger partial charge in [-0.05, 0) is 38.5 Å². The van der Waals surface area contributed by atoms with E-state index in [0.717, 1.165) is 12.8 Å². The highest BCUT2D eigenvalue weighted by Gasteiger charge is 2.42.